The van der Waals surface area contributed by atoms with Crippen LogP contribution in [0.4, 0.5) is 0 Å². The van der Waals surface area contributed by atoms with E-state index in [0.717, 1.165) is 23.4 Å². The van der Waals surface area contributed by atoms with Crippen molar-refractivity contribution in [3.05, 3.63) is 86.5 Å². The molecule has 5 aromatic rings. The number of aromatic amines is 1. The molecule has 0 spiro atoms. The van der Waals surface area contributed by atoms with E-state index in [9.17, 15) is 4.79 Å². The van der Waals surface area contributed by atoms with Crippen LogP contribution in [0.15, 0.2) is 63.3 Å². The van der Waals surface area contributed by atoms with Crippen LogP contribution in [0, 0.1) is 0 Å². The molecule has 10 nitrogen and oxygen atoms in total. The summed E-state index contributed by atoms with van der Waals surface area (Å²) in [6.07, 6.45) is 2.39. The first-order valence-electron chi connectivity index (χ1n) is 11.9. The molecule has 0 aliphatic heterocycles. The molecule has 5 rings (SSSR count). The Morgan fingerprint density at radius 2 is 1.97 bits per heavy atom. The highest BCUT2D eigenvalue weighted by molar-refractivity contribution is 7.09. The Bertz CT molecular complexity index is 1510. The fraction of sp³-hybridized carbons (Fsp3) is 0.308. The van der Waals surface area contributed by atoms with E-state index in [1.165, 1.54) is 4.88 Å². The van der Waals surface area contributed by atoms with Crippen LogP contribution in [0.5, 0.6) is 11.5 Å². The van der Waals surface area contributed by atoms with Crippen LogP contribution in [0.1, 0.15) is 41.4 Å². The monoisotopic (exact) mass is 520 g/mol. The van der Waals surface area contributed by atoms with E-state index in [1.807, 2.05) is 30.3 Å². The molecule has 0 unspecified atom stereocenters. The number of fused-ring (bicyclic) bond motifs is 1. The van der Waals surface area contributed by atoms with Gasteiger partial charge in [-0.2, -0.15) is 0 Å². The molecule has 0 saturated heterocycles. The molecule has 4 heterocycles. The first kappa shape index (κ1) is 24.7. The second-order valence-electron chi connectivity index (χ2n) is 8.60. The molecule has 0 fully saturated rings. The van der Waals surface area contributed by atoms with Crippen molar-refractivity contribution < 1.29 is 13.9 Å². The smallest absolute Gasteiger partial charge is 0.252 e. The van der Waals surface area contributed by atoms with Gasteiger partial charge >= 0.3 is 0 Å². The molecule has 1 aromatic carbocycles. The average Bonchev–Trinajstić information content (AvgIpc) is 3.69. The molecule has 0 saturated carbocycles. The van der Waals surface area contributed by atoms with Crippen LogP contribution in [-0.2, 0) is 19.6 Å². The molecule has 0 aliphatic rings. The van der Waals surface area contributed by atoms with Crippen molar-refractivity contribution >= 4 is 22.2 Å². The summed E-state index contributed by atoms with van der Waals surface area (Å²) in [5.41, 5.74) is 1.17. The molecule has 1 atom stereocenters. The number of rotatable bonds is 11. The molecule has 0 radical (unpaired) electrons. The molecule has 37 heavy (non-hydrogen) atoms. The zero-order valence-corrected chi connectivity index (χ0v) is 21.7. The largest absolute Gasteiger partial charge is 0.493 e. The topological polar surface area (TPSA) is 111 Å². The van der Waals surface area contributed by atoms with Gasteiger partial charge in [-0.1, -0.05) is 13.0 Å². The van der Waals surface area contributed by atoms with Crippen LogP contribution >= 0.6 is 11.3 Å². The number of hydrogen-bond donors (Lipinski definition) is 1. The fourth-order valence-electron chi connectivity index (χ4n) is 4.51. The van der Waals surface area contributed by atoms with Gasteiger partial charge in [-0.15, -0.1) is 16.4 Å². The van der Waals surface area contributed by atoms with Crippen molar-refractivity contribution in [3.8, 4) is 11.5 Å². The second kappa shape index (κ2) is 11.0. The van der Waals surface area contributed by atoms with Gasteiger partial charge in [0.2, 0.25) is 0 Å². The van der Waals surface area contributed by atoms with Crippen LogP contribution in [-0.4, -0.2) is 44.3 Å². The summed E-state index contributed by atoms with van der Waals surface area (Å²) in [6.45, 7) is 3.58. The first-order valence-corrected chi connectivity index (χ1v) is 12.8. The maximum atomic E-state index is 13.2. The van der Waals surface area contributed by atoms with Crippen LogP contribution in [0.3, 0.4) is 0 Å². The number of thiophene rings is 1. The van der Waals surface area contributed by atoms with Crippen molar-refractivity contribution in [1.29, 1.82) is 0 Å². The Kier molecular flexibility index (Phi) is 7.33. The molecular formula is C26H28N6O4S. The standard InChI is InChI=1S/C26H28N6O4S/c1-4-22(25-28-29-30-32(25)15-19-7-5-9-36-19)31(16-20-8-6-10-37-20)14-18-11-17-12-23(34-2)24(35-3)13-21(17)27-26(18)33/h5-13,22H,4,14-16H2,1-3H3,(H,27,33)/t22-/m1/s1. The van der Waals surface area contributed by atoms with Gasteiger partial charge < -0.3 is 18.9 Å². The Labute approximate surface area is 217 Å². The lowest BCUT2D eigenvalue weighted by Crippen LogP contribution is -2.32. The molecule has 0 aliphatic carbocycles. The zero-order valence-electron chi connectivity index (χ0n) is 20.9. The summed E-state index contributed by atoms with van der Waals surface area (Å²) < 4.78 is 18.1. The molecule has 4 aromatic heterocycles. The van der Waals surface area contributed by atoms with E-state index in [4.69, 9.17) is 13.9 Å². The number of methoxy groups -OCH3 is 2. The third kappa shape index (κ3) is 5.27. The molecule has 11 heteroatoms. The van der Waals surface area contributed by atoms with Crippen molar-refractivity contribution in [2.24, 2.45) is 0 Å². The lowest BCUT2D eigenvalue weighted by Gasteiger charge is -2.29. The summed E-state index contributed by atoms with van der Waals surface area (Å²) in [5, 5.41) is 15.5. The van der Waals surface area contributed by atoms with E-state index in [-0.39, 0.29) is 11.6 Å². The van der Waals surface area contributed by atoms with Crippen molar-refractivity contribution in [2.45, 2.75) is 39.0 Å². The second-order valence-corrected chi connectivity index (χ2v) is 9.63. The number of H-pyrrole nitrogens is 1. The summed E-state index contributed by atoms with van der Waals surface area (Å²) in [6, 6.07) is 13.3. The van der Waals surface area contributed by atoms with E-state index >= 15 is 0 Å². The number of nitrogens with one attached hydrogen (secondary N) is 1. The molecular weight excluding hydrogens is 492 g/mol. The summed E-state index contributed by atoms with van der Waals surface area (Å²) in [4.78, 5) is 19.6. The minimum Gasteiger partial charge on any atom is -0.493 e. The third-order valence-electron chi connectivity index (χ3n) is 6.31. The lowest BCUT2D eigenvalue weighted by atomic mass is 10.1. The van der Waals surface area contributed by atoms with Gasteiger partial charge in [0.1, 0.15) is 12.3 Å². The Hall–Kier alpha value is -3.96. The first-order chi connectivity index (χ1) is 18.1. The number of benzene rings is 1. The van der Waals surface area contributed by atoms with E-state index in [0.29, 0.717) is 42.2 Å². The minimum absolute atomic E-state index is 0.132. The Morgan fingerprint density at radius 3 is 2.68 bits per heavy atom. The maximum absolute atomic E-state index is 13.2. The number of hydrogen-bond acceptors (Lipinski definition) is 9. The van der Waals surface area contributed by atoms with E-state index < -0.39 is 0 Å². The maximum Gasteiger partial charge on any atom is 0.252 e. The molecule has 1 N–H and O–H groups in total. The van der Waals surface area contributed by atoms with Crippen molar-refractivity contribution in [2.75, 3.05) is 14.2 Å². The van der Waals surface area contributed by atoms with Crippen LogP contribution < -0.4 is 15.0 Å². The number of tetrazole rings is 1. The molecule has 0 amide bonds. The highest BCUT2D eigenvalue weighted by Gasteiger charge is 2.27. The fourth-order valence-corrected chi connectivity index (χ4v) is 5.24. The predicted octanol–water partition coefficient (Wildman–Crippen LogP) is 4.39. The van der Waals surface area contributed by atoms with Gasteiger partial charge in [0.05, 0.1) is 32.0 Å². The van der Waals surface area contributed by atoms with Crippen molar-refractivity contribution in [1.82, 2.24) is 30.1 Å². The number of ether oxygens (including phenoxy) is 2. The SMILES string of the molecule is CC[C@H](c1nnnn1Cc1ccco1)N(Cc1cccs1)Cc1cc2cc(OC)c(OC)cc2[nH]c1=O. The van der Waals surface area contributed by atoms with Gasteiger partial charge in [0.15, 0.2) is 17.3 Å². The highest BCUT2D eigenvalue weighted by Crippen LogP contribution is 2.32. The highest BCUT2D eigenvalue weighted by atomic mass is 32.1. The average molecular weight is 521 g/mol. The third-order valence-corrected chi connectivity index (χ3v) is 7.17. The van der Waals surface area contributed by atoms with E-state index in [2.05, 4.69) is 43.8 Å². The minimum atomic E-state index is -0.152. The predicted molar refractivity (Wildman–Crippen MR) is 140 cm³/mol. The molecule has 192 valence electrons. The van der Waals surface area contributed by atoms with E-state index in [1.54, 1.807) is 42.6 Å². The zero-order chi connectivity index (χ0) is 25.8. The van der Waals surface area contributed by atoms with Gasteiger partial charge in [-0.05, 0) is 52.6 Å². The summed E-state index contributed by atoms with van der Waals surface area (Å²) >= 11 is 1.68. The van der Waals surface area contributed by atoms with Crippen LogP contribution in [0.2, 0.25) is 0 Å². The summed E-state index contributed by atoms with van der Waals surface area (Å²) in [5.74, 6) is 2.65. The normalized spacial score (nSPS) is 12.3. The lowest BCUT2D eigenvalue weighted by molar-refractivity contribution is 0.162. The van der Waals surface area contributed by atoms with Gasteiger partial charge in [0.25, 0.3) is 5.56 Å². The summed E-state index contributed by atoms with van der Waals surface area (Å²) in [7, 11) is 3.17. The van der Waals surface area contributed by atoms with Crippen molar-refractivity contribution in [3.63, 3.8) is 0 Å². The quantitative estimate of drug-likeness (QED) is 0.273. The number of furan rings is 1. The number of pyridine rings is 1. The number of nitrogens with zero attached hydrogens (tertiary/aromatic N) is 5. The molecule has 0 bridgehead atoms. The van der Waals surface area contributed by atoms with Crippen LogP contribution in [0.25, 0.3) is 10.9 Å². The van der Waals surface area contributed by atoms with Gasteiger partial charge in [-0.3, -0.25) is 9.69 Å². The Morgan fingerprint density at radius 1 is 1.14 bits per heavy atom. The number of aromatic nitrogens is 5. The van der Waals surface area contributed by atoms with Gasteiger partial charge in [0, 0.05) is 35.0 Å². The van der Waals surface area contributed by atoms with Gasteiger partial charge in [-0.25, -0.2) is 4.68 Å². The Balaban J connectivity index is 1.52.